The van der Waals surface area contributed by atoms with E-state index in [-0.39, 0.29) is 31.7 Å². The molecule has 4 rings (SSSR count). The molecule has 1 saturated heterocycles. The molecule has 0 aromatic heterocycles. The van der Waals surface area contributed by atoms with Crippen LogP contribution in [0.3, 0.4) is 0 Å². The third kappa shape index (κ3) is 6.85. The lowest BCUT2D eigenvalue weighted by Gasteiger charge is -2.30. The van der Waals surface area contributed by atoms with Gasteiger partial charge in [0.05, 0.1) is 6.61 Å². The van der Waals surface area contributed by atoms with E-state index in [4.69, 9.17) is 10.00 Å². The van der Waals surface area contributed by atoms with Crippen LogP contribution in [-0.2, 0) is 9.53 Å². The lowest BCUT2D eigenvalue weighted by atomic mass is 9.45. The molecule has 198 valence electrons. The van der Waals surface area contributed by atoms with E-state index in [1.807, 2.05) is 31.2 Å². The van der Waals surface area contributed by atoms with Gasteiger partial charge in [0, 0.05) is 47.2 Å². The quantitative estimate of drug-likeness (QED) is 0.336. The third-order valence-electron chi connectivity index (χ3n) is 6.79. The zero-order chi connectivity index (χ0) is 27.8. The topological polar surface area (TPSA) is 103 Å². The maximum atomic E-state index is 13.2. The van der Waals surface area contributed by atoms with Crippen LogP contribution < -0.4 is 15.1 Å². The highest BCUT2D eigenvalue weighted by Crippen LogP contribution is 2.25. The van der Waals surface area contributed by atoms with Gasteiger partial charge in [0.25, 0.3) is 18.5 Å². The zero-order valence-electron chi connectivity index (χ0n) is 22.2. The minimum Gasteiger partial charge on any atom is -0.465 e. The van der Waals surface area contributed by atoms with E-state index in [0.717, 1.165) is 37.0 Å². The van der Waals surface area contributed by atoms with Crippen LogP contribution in [0.5, 0.6) is 0 Å². The molecule has 0 spiro atoms. The van der Waals surface area contributed by atoms with E-state index in [9.17, 15) is 14.4 Å². The first-order valence-electron chi connectivity index (χ1n) is 13.1. The van der Waals surface area contributed by atoms with Crippen LogP contribution in [0.4, 0.5) is 17.1 Å². The van der Waals surface area contributed by atoms with Crippen molar-refractivity contribution in [3.63, 3.8) is 0 Å². The van der Waals surface area contributed by atoms with Crippen LogP contribution in [0.25, 0.3) is 0 Å². The first-order chi connectivity index (χ1) is 18.9. The second-order valence-electron chi connectivity index (χ2n) is 9.45. The zero-order valence-corrected chi connectivity index (χ0v) is 22.2. The molecule has 1 N–H and O–H groups in total. The number of rotatable bonds is 8. The molecule has 8 nitrogen and oxygen atoms in total. The van der Waals surface area contributed by atoms with Crippen LogP contribution in [0.2, 0.25) is 12.6 Å². The minimum absolute atomic E-state index is 0.118. The van der Waals surface area contributed by atoms with Crippen LogP contribution in [0.1, 0.15) is 33.2 Å². The van der Waals surface area contributed by atoms with E-state index in [1.54, 1.807) is 55.5 Å². The van der Waals surface area contributed by atoms with Gasteiger partial charge in [0.15, 0.2) is 0 Å². The van der Waals surface area contributed by atoms with Gasteiger partial charge >= 0.3 is 5.97 Å². The van der Waals surface area contributed by atoms with Crippen LogP contribution in [0, 0.1) is 18.2 Å². The molecular formula is C30H31BN4O4. The van der Waals surface area contributed by atoms with Crippen molar-refractivity contribution in [2.75, 3.05) is 41.4 Å². The number of amides is 2. The summed E-state index contributed by atoms with van der Waals surface area (Å²) in [6, 6.07) is 21.3. The number of esters is 1. The largest absolute Gasteiger partial charge is 0.465 e. The number of anilines is 3. The summed E-state index contributed by atoms with van der Waals surface area (Å²) in [5.41, 5.74) is 4.00. The predicted octanol–water partition coefficient (Wildman–Crippen LogP) is 4.83. The number of nitrogens with one attached hydrogen (secondary N) is 1. The summed E-state index contributed by atoms with van der Waals surface area (Å²) in [5, 5.41) is 12.0. The Balaban J connectivity index is 1.46. The molecule has 1 heterocycles. The van der Waals surface area contributed by atoms with Gasteiger partial charge in [-0.05, 0) is 86.6 Å². The molecule has 3 aromatic rings. The standard InChI is InChI=1S/C30H31BN4O4/c1-3-39-28(36)20-35(30(38)23-7-5-4-6-8-23)25-11-9-24(10-12-25)33-29(37)27-14-13-26(19-22(27)2)34-17-15-31(21-32)16-18-34/h4-14,19H,3,15-18,20H2,1-2H3,(H,33,37). The summed E-state index contributed by atoms with van der Waals surface area (Å²) in [7, 11) is 0. The van der Waals surface area contributed by atoms with Crippen molar-refractivity contribution < 1.29 is 19.1 Å². The maximum absolute atomic E-state index is 13.2. The summed E-state index contributed by atoms with van der Waals surface area (Å²) >= 11 is 0. The van der Waals surface area contributed by atoms with E-state index in [1.165, 1.54) is 4.90 Å². The molecule has 0 unspecified atom stereocenters. The molecule has 1 fully saturated rings. The van der Waals surface area contributed by atoms with Gasteiger partial charge < -0.3 is 15.0 Å². The Morgan fingerprint density at radius 3 is 2.33 bits per heavy atom. The Labute approximate surface area is 229 Å². The van der Waals surface area contributed by atoms with Gasteiger partial charge in [-0.3, -0.25) is 19.3 Å². The van der Waals surface area contributed by atoms with Crippen molar-refractivity contribution >= 4 is 41.6 Å². The Kier molecular flexibility index (Phi) is 9.00. The summed E-state index contributed by atoms with van der Waals surface area (Å²) in [6.45, 7) is 5.39. The highest BCUT2D eigenvalue weighted by atomic mass is 16.5. The van der Waals surface area contributed by atoms with Crippen molar-refractivity contribution in [2.24, 2.45) is 0 Å². The summed E-state index contributed by atoms with van der Waals surface area (Å²) in [5.74, 6) is 1.28. The smallest absolute Gasteiger partial charge is 0.326 e. The number of ether oxygens (including phenoxy) is 1. The fourth-order valence-electron chi connectivity index (χ4n) is 4.64. The number of aryl methyl sites for hydroxylation is 1. The predicted molar refractivity (Wildman–Crippen MR) is 154 cm³/mol. The number of benzene rings is 3. The first kappa shape index (κ1) is 27.5. The second-order valence-corrected chi connectivity index (χ2v) is 9.45. The fraction of sp³-hybridized carbons (Fsp3) is 0.267. The number of hydrogen-bond acceptors (Lipinski definition) is 6. The fourth-order valence-corrected chi connectivity index (χ4v) is 4.64. The van der Waals surface area contributed by atoms with Crippen molar-refractivity contribution in [3.8, 4) is 5.97 Å². The van der Waals surface area contributed by atoms with Gasteiger partial charge in [0.1, 0.15) is 6.54 Å². The van der Waals surface area contributed by atoms with Gasteiger partial charge in [-0.25, -0.2) is 5.26 Å². The Morgan fingerprint density at radius 2 is 1.72 bits per heavy atom. The van der Waals surface area contributed by atoms with Crippen molar-refractivity contribution in [1.82, 2.24) is 0 Å². The normalized spacial score (nSPS) is 12.8. The van der Waals surface area contributed by atoms with Gasteiger partial charge in [0.2, 0.25) is 0 Å². The molecule has 0 saturated carbocycles. The number of carbonyl (C=O) groups is 3. The monoisotopic (exact) mass is 522 g/mol. The molecule has 0 radical (unpaired) electrons. The molecular weight excluding hydrogens is 491 g/mol. The van der Waals surface area contributed by atoms with E-state index in [0.29, 0.717) is 22.5 Å². The highest BCUT2D eigenvalue weighted by Gasteiger charge is 2.24. The van der Waals surface area contributed by atoms with E-state index >= 15 is 0 Å². The van der Waals surface area contributed by atoms with Crippen LogP contribution in [0.15, 0.2) is 72.8 Å². The van der Waals surface area contributed by atoms with Gasteiger partial charge in [-0.1, -0.05) is 18.2 Å². The molecule has 3 aromatic carbocycles. The lowest BCUT2D eigenvalue weighted by molar-refractivity contribution is -0.141. The Bertz CT molecular complexity index is 1360. The minimum atomic E-state index is -0.507. The van der Waals surface area contributed by atoms with Crippen molar-refractivity contribution in [1.29, 1.82) is 5.26 Å². The lowest BCUT2D eigenvalue weighted by Crippen LogP contribution is -2.36. The number of nitriles is 1. The average Bonchev–Trinajstić information content (AvgIpc) is 2.96. The van der Waals surface area contributed by atoms with Crippen LogP contribution in [-0.4, -0.2) is 50.7 Å². The molecule has 2 amide bonds. The number of hydrogen-bond donors (Lipinski definition) is 1. The molecule has 1 aliphatic rings. The Morgan fingerprint density at radius 1 is 1.03 bits per heavy atom. The molecule has 1 aliphatic heterocycles. The first-order valence-corrected chi connectivity index (χ1v) is 13.1. The highest BCUT2D eigenvalue weighted by molar-refractivity contribution is 6.67. The van der Waals surface area contributed by atoms with Gasteiger partial charge in [-0.2, -0.15) is 0 Å². The SMILES string of the molecule is CCOC(=O)CN(C(=O)c1ccccc1)c1ccc(NC(=O)c2ccc(N3CCB(C#N)CC3)cc2C)cc1. The molecule has 0 bridgehead atoms. The second kappa shape index (κ2) is 12.8. The third-order valence-corrected chi connectivity index (χ3v) is 6.79. The van der Waals surface area contributed by atoms with Crippen molar-refractivity contribution in [2.45, 2.75) is 26.5 Å². The molecule has 0 aliphatic carbocycles. The van der Waals surface area contributed by atoms with Crippen LogP contribution >= 0.6 is 0 Å². The summed E-state index contributed by atoms with van der Waals surface area (Å²) in [6.07, 6.45) is 1.70. The maximum Gasteiger partial charge on any atom is 0.326 e. The summed E-state index contributed by atoms with van der Waals surface area (Å²) < 4.78 is 5.07. The van der Waals surface area contributed by atoms with E-state index < -0.39 is 5.97 Å². The Hall–Kier alpha value is -4.58. The van der Waals surface area contributed by atoms with Crippen molar-refractivity contribution in [3.05, 3.63) is 89.5 Å². The van der Waals surface area contributed by atoms with E-state index in [2.05, 4.69) is 16.2 Å². The molecule has 9 heteroatoms. The summed E-state index contributed by atoms with van der Waals surface area (Å²) in [4.78, 5) is 42.1. The van der Waals surface area contributed by atoms with Gasteiger partial charge in [-0.15, -0.1) is 0 Å². The average molecular weight is 522 g/mol. The number of carbonyl (C=O) groups excluding carboxylic acids is 3. The molecule has 39 heavy (non-hydrogen) atoms. The number of nitrogens with zero attached hydrogens (tertiary/aromatic N) is 3. The molecule has 0 atom stereocenters.